The van der Waals surface area contributed by atoms with Crippen LogP contribution < -0.4 is 20.1 Å². The van der Waals surface area contributed by atoms with Crippen LogP contribution in [-0.2, 0) is 9.53 Å². The summed E-state index contributed by atoms with van der Waals surface area (Å²) >= 11 is 0. The molecule has 31 heavy (non-hydrogen) atoms. The number of ether oxygens (including phenoxy) is 3. The number of amides is 2. The Morgan fingerprint density at radius 2 is 1.71 bits per heavy atom. The lowest BCUT2D eigenvalue weighted by atomic mass is 10.0. The van der Waals surface area contributed by atoms with Crippen LogP contribution in [0.5, 0.6) is 11.5 Å². The molecule has 0 saturated carbocycles. The molecule has 0 bridgehead atoms. The SMILES string of the molecule is COC(=O)NC(CC(C)C)C(=O)Nc1ccc(OC(F)F)c(-c2ccc(OC)cc2)c1. The second-order valence-corrected chi connectivity index (χ2v) is 7.13. The van der Waals surface area contributed by atoms with Gasteiger partial charge in [0.05, 0.1) is 14.2 Å². The Morgan fingerprint density at radius 1 is 1.03 bits per heavy atom. The molecule has 2 amide bonds. The second kappa shape index (κ2) is 11.1. The Morgan fingerprint density at radius 3 is 2.26 bits per heavy atom. The van der Waals surface area contributed by atoms with E-state index in [0.717, 1.165) is 0 Å². The highest BCUT2D eigenvalue weighted by Gasteiger charge is 2.23. The molecule has 0 heterocycles. The zero-order chi connectivity index (χ0) is 23.0. The lowest BCUT2D eigenvalue weighted by Crippen LogP contribution is -2.44. The average Bonchev–Trinajstić information content (AvgIpc) is 2.73. The quantitative estimate of drug-likeness (QED) is 0.597. The molecule has 0 aliphatic carbocycles. The molecular formula is C22H26F2N2O5. The molecule has 0 spiro atoms. The van der Waals surface area contributed by atoms with Crippen LogP contribution >= 0.6 is 0 Å². The van der Waals surface area contributed by atoms with Crippen LogP contribution in [0.4, 0.5) is 19.3 Å². The number of benzene rings is 2. The second-order valence-electron chi connectivity index (χ2n) is 7.13. The fraction of sp³-hybridized carbons (Fsp3) is 0.364. The van der Waals surface area contributed by atoms with E-state index in [0.29, 0.717) is 29.0 Å². The summed E-state index contributed by atoms with van der Waals surface area (Å²) in [5.74, 6) is 0.242. The largest absolute Gasteiger partial charge is 0.497 e. The Kier molecular flexibility index (Phi) is 8.60. The van der Waals surface area contributed by atoms with Crippen molar-refractivity contribution in [2.45, 2.75) is 32.9 Å². The van der Waals surface area contributed by atoms with Crippen LogP contribution in [0.25, 0.3) is 11.1 Å². The number of alkyl halides is 2. The first-order valence-corrected chi connectivity index (χ1v) is 9.62. The molecule has 0 fully saturated rings. The van der Waals surface area contributed by atoms with Gasteiger partial charge in [-0.15, -0.1) is 0 Å². The number of carbonyl (C=O) groups is 2. The lowest BCUT2D eigenvalue weighted by molar-refractivity contribution is -0.118. The van der Waals surface area contributed by atoms with Gasteiger partial charge in [0.1, 0.15) is 17.5 Å². The molecule has 2 N–H and O–H groups in total. The first kappa shape index (κ1) is 23.9. The highest BCUT2D eigenvalue weighted by molar-refractivity contribution is 5.97. The first-order valence-electron chi connectivity index (χ1n) is 9.62. The van der Waals surface area contributed by atoms with E-state index < -0.39 is 24.7 Å². The van der Waals surface area contributed by atoms with E-state index >= 15 is 0 Å². The predicted molar refractivity (Wildman–Crippen MR) is 112 cm³/mol. The van der Waals surface area contributed by atoms with Crippen molar-refractivity contribution in [2.75, 3.05) is 19.5 Å². The molecule has 2 aromatic rings. The Labute approximate surface area is 179 Å². The number of anilines is 1. The normalized spacial score (nSPS) is 11.7. The molecule has 168 valence electrons. The van der Waals surface area contributed by atoms with Gasteiger partial charge < -0.3 is 24.8 Å². The number of hydrogen-bond acceptors (Lipinski definition) is 5. The molecule has 0 aromatic heterocycles. The van der Waals surface area contributed by atoms with Gasteiger partial charge in [-0.1, -0.05) is 26.0 Å². The number of nitrogens with one attached hydrogen (secondary N) is 2. The first-order chi connectivity index (χ1) is 14.7. The summed E-state index contributed by atoms with van der Waals surface area (Å²) in [6.07, 6.45) is -0.334. The van der Waals surface area contributed by atoms with Crippen LogP contribution in [0.3, 0.4) is 0 Å². The molecule has 0 aliphatic heterocycles. The summed E-state index contributed by atoms with van der Waals surface area (Å²) in [6, 6.07) is 10.3. The van der Waals surface area contributed by atoms with Gasteiger partial charge in [-0.3, -0.25) is 4.79 Å². The van der Waals surface area contributed by atoms with Crippen LogP contribution in [-0.4, -0.2) is 38.9 Å². The molecule has 0 saturated heterocycles. The van der Waals surface area contributed by atoms with Crippen molar-refractivity contribution in [3.05, 3.63) is 42.5 Å². The number of alkyl carbamates (subject to hydrolysis) is 1. The van der Waals surface area contributed by atoms with E-state index in [1.807, 2.05) is 13.8 Å². The van der Waals surface area contributed by atoms with Crippen molar-refractivity contribution in [2.24, 2.45) is 5.92 Å². The van der Waals surface area contributed by atoms with Crippen molar-refractivity contribution in [1.29, 1.82) is 0 Å². The molecular weight excluding hydrogens is 410 g/mol. The molecule has 1 atom stereocenters. The minimum atomic E-state index is -3.00. The van der Waals surface area contributed by atoms with Gasteiger partial charge in [0.2, 0.25) is 5.91 Å². The minimum absolute atomic E-state index is 0.0374. The maximum absolute atomic E-state index is 12.9. The number of methoxy groups -OCH3 is 2. The monoisotopic (exact) mass is 436 g/mol. The van der Waals surface area contributed by atoms with Crippen LogP contribution in [0, 0.1) is 5.92 Å². The summed E-state index contributed by atoms with van der Waals surface area (Å²) in [5.41, 5.74) is 1.32. The van der Waals surface area contributed by atoms with E-state index in [-0.39, 0.29) is 11.7 Å². The van der Waals surface area contributed by atoms with Gasteiger partial charge >= 0.3 is 12.7 Å². The fourth-order valence-electron chi connectivity index (χ4n) is 2.94. The van der Waals surface area contributed by atoms with Gasteiger partial charge in [0.15, 0.2) is 0 Å². The third-order valence-electron chi connectivity index (χ3n) is 4.37. The Balaban J connectivity index is 2.32. The summed E-state index contributed by atoms with van der Waals surface area (Å²) in [4.78, 5) is 24.3. The van der Waals surface area contributed by atoms with Crippen molar-refractivity contribution < 1.29 is 32.6 Å². The summed E-state index contributed by atoms with van der Waals surface area (Å²) in [7, 11) is 2.73. The molecule has 7 nitrogen and oxygen atoms in total. The molecule has 2 aromatic carbocycles. The third-order valence-corrected chi connectivity index (χ3v) is 4.37. The zero-order valence-electron chi connectivity index (χ0n) is 17.8. The molecule has 9 heteroatoms. The van der Waals surface area contributed by atoms with Gasteiger partial charge in [-0.2, -0.15) is 8.78 Å². The maximum atomic E-state index is 12.9. The number of halogens is 2. The Hall–Kier alpha value is -3.36. The molecule has 1 unspecified atom stereocenters. The molecule has 2 rings (SSSR count). The molecule has 0 aliphatic rings. The van der Waals surface area contributed by atoms with Gasteiger partial charge in [-0.05, 0) is 48.2 Å². The summed E-state index contributed by atoms with van der Waals surface area (Å²) in [5, 5.41) is 5.22. The van der Waals surface area contributed by atoms with E-state index in [1.165, 1.54) is 32.4 Å². The van der Waals surface area contributed by atoms with Crippen LogP contribution in [0.1, 0.15) is 20.3 Å². The number of hydrogen-bond donors (Lipinski definition) is 2. The van der Waals surface area contributed by atoms with Crippen LogP contribution in [0.2, 0.25) is 0 Å². The standard InChI is InChI=1S/C22H26F2N2O5/c1-13(2)11-18(26-22(28)30-4)20(27)25-15-7-10-19(31-21(23)24)17(12-15)14-5-8-16(29-3)9-6-14/h5-10,12-13,18,21H,11H2,1-4H3,(H,25,27)(H,26,28). The topological polar surface area (TPSA) is 85.9 Å². The van der Waals surface area contributed by atoms with E-state index in [9.17, 15) is 18.4 Å². The molecule has 0 radical (unpaired) electrons. The van der Waals surface area contributed by atoms with Crippen LogP contribution in [0.15, 0.2) is 42.5 Å². The number of carbonyl (C=O) groups excluding carboxylic acids is 2. The summed E-state index contributed by atoms with van der Waals surface area (Å²) < 4.78 is 40.1. The maximum Gasteiger partial charge on any atom is 0.407 e. The third kappa shape index (κ3) is 7.13. The average molecular weight is 436 g/mol. The predicted octanol–water partition coefficient (Wildman–Crippen LogP) is 4.67. The zero-order valence-corrected chi connectivity index (χ0v) is 17.8. The highest BCUT2D eigenvalue weighted by atomic mass is 19.3. The number of rotatable bonds is 9. The van der Waals surface area contributed by atoms with Gasteiger partial charge in [-0.25, -0.2) is 4.79 Å². The van der Waals surface area contributed by atoms with E-state index in [1.54, 1.807) is 24.3 Å². The van der Waals surface area contributed by atoms with Crippen molar-refractivity contribution in [3.63, 3.8) is 0 Å². The van der Waals surface area contributed by atoms with Gasteiger partial charge in [0.25, 0.3) is 0 Å². The highest BCUT2D eigenvalue weighted by Crippen LogP contribution is 2.34. The van der Waals surface area contributed by atoms with Crippen molar-refractivity contribution in [1.82, 2.24) is 5.32 Å². The smallest absolute Gasteiger partial charge is 0.407 e. The lowest BCUT2D eigenvalue weighted by Gasteiger charge is -2.20. The van der Waals surface area contributed by atoms with Crippen molar-refractivity contribution in [3.8, 4) is 22.6 Å². The van der Waals surface area contributed by atoms with Gasteiger partial charge in [0, 0.05) is 11.3 Å². The van der Waals surface area contributed by atoms with Crippen molar-refractivity contribution >= 4 is 17.7 Å². The minimum Gasteiger partial charge on any atom is -0.497 e. The fourth-order valence-corrected chi connectivity index (χ4v) is 2.94. The summed E-state index contributed by atoms with van der Waals surface area (Å²) in [6.45, 7) is 0.826. The Bertz CT molecular complexity index is 888. The van der Waals surface area contributed by atoms with E-state index in [4.69, 9.17) is 4.74 Å². The van der Waals surface area contributed by atoms with E-state index in [2.05, 4.69) is 20.1 Å².